The van der Waals surface area contributed by atoms with Gasteiger partial charge in [0.25, 0.3) is 0 Å². The summed E-state index contributed by atoms with van der Waals surface area (Å²) in [6.45, 7) is 0. The van der Waals surface area contributed by atoms with Crippen molar-refractivity contribution in [2.24, 2.45) is 0 Å². The Morgan fingerprint density at radius 1 is 1.00 bits per heavy atom. The van der Waals surface area contributed by atoms with Crippen LogP contribution >= 0.6 is 0 Å². The molecule has 1 aliphatic rings. The van der Waals surface area contributed by atoms with Crippen molar-refractivity contribution in [3.8, 4) is 17.6 Å². The van der Waals surface area contributed by atoms with Gasteiger partial charge in [0.1, 0.15) is 0 Å². The first-order chi connectivity index (χ1) is 7.81. The molecule has 0 aliphatic heterocycles. The lowest BCUT2D eigenvalue weighted by atomic mass is 10.0. The molecule has 3 heteroatoms. The third-order valence-electron chi connectivity index (χ3n) is 2.51. The van der Waals surface area contributed by atoms with Gasteiger partial charge in [0.2, 0.25) is 0 Å². The highest BCUT2D eigenvalue weighted by Crippen LogP contribution is 2.26. The molecular weight excluding hydrogens is 202 g/mol. The molecule has 0 unspecified atom stereocenters. The van der Waals surface area contributed by atoms with Crippen LogP contribution in [0.5, 0.6) is 11.5 Å². The molecule has 3 nitrogen and oxygen atoms in total. The zero-order chi connectivity index (χ0) is 11.8. The third-order valence-corrected chi connectivity index (χ3v) is 2.51. The van der Waals surface area contributed by atoms with E-state index in [9.17, 15) is 0 Å². The molecule has 1 aromatic carbocycles. The number of methoxy groups -OCH3 is 2. The van der Waals surface area contributed by atoms with Gasteiger partial charge >= 0.3 is 0 Å². The van der Waals surface area contributed by atoms with Crippen LogP contribution in [-0.2, 0) is 0 Å². The van der Waals surface area contributed by atoms with Crippen LogP contribution in [0.2, 0.25) is 0 Å². The molecule has 0 saturated heterocycles. The quantitative estimate of drug-likeness (QED) is 0.767. The van der Waals surface area contributed by atoms with E-state index >= 15 is 0 Å². The average Bonchev–Trinajstić information content (AvgIpc) is 2.25. The number of hydrogen-bond acceptors (Lipinski definition) is 3. The van der Waals surface area contributed by atoms with E-state index in [1.165, 1.54) is 25.7 Å². The fourth-order valence-electron chi connectivity index (χ4n) is 1.16. The molecule has 0 atom stereocenters. The normalized spacial score (nSPS) is 12.6. The summed E-state index contributed by atoms with van der Waals surface area (Å²) >= 11 is 0. The van der Waals surface area contributed by atoms with Crippen LogP contribution in [0.4, 0.5) is 0 Å². The highest BCUT2D eigenvalue weighted by atomic mass is 16.5. The SMILES string of the molecule is C1CCC1.COc1ccc(C#N)cc1OC. The van der Waals surface area contributed by atoms with Gasteiger partial charge in [-0.05, 0) is 12.1 Å². The van der Waals surface area contributed by atoms with E-state index in [4.69, 9.17) is 14.7 Å². The zero-order valence-corrected chi connectivity index (χ0v) is 9.82. The standard InChI is InChI=1S/C9H9NO2.C4H8/c1-11-8-4-3-7(6-10)5-9(8)12-2;1-2-4-3-1/h3-5H,1-2H3;1-4H2. The second-order valence-electron chi connectivity index (χ2n) is 3.60. The number of hydrogen-bond donors (Lipinski definition) is 0. The Labute approximate surface area is 96.6 Å². The molecule has 1 aromatic rings. The summed E-state index contributed by atoms with van der Waals surface area (Å²) in [6, 6.07) is 7.04. The van der Waals surface area contributed by atoms with Crippen LogP contribution in [-0.4, -0.2) is 14.2 Å². The molecular formula is C13H17NO2. The summed E-state index contributed by atoms with van der Waals surface area (Å²) in [5.74, 6) is 1.22. The third kappa shape index (κ3) is 3.47. The van der Waals surface area contributed by atoms with Crippen LogP contribution in [0.3, 0.4) is 0 Å². The molecule has 1 fully saturated rings. The van der Waals surface area contributed by atoms with E-state index in [0.717, 1.165) is 0 Å². The minimum absolute atomic E-state index is 0.563. The summed E-state index contributed by atoms with van der Waals surface area (Å²) in [6.07, 6.45) is 6.00. The van der Waals surface area contributed by atoms with Crippen molar-refractivity contribution in [3.05, 3.63) is 23.8 Å². The van der Waals surface area contributed by atoms with Crippen molar-refractivity contribution in [2.45, 2.75) is 25.7 Å². The predicted octanol–water partition coefficient (Wildman–Crippen LogP) is 3.14. The second kappa shape index (κ2) is 6.73. The number of nitrogens with zero attached hydrogens (tertiary/aromatic N) is 1. The van der Waals surface area contributed by atoms with Crippen LogP contribution < -0.4 is 9.47 Å². The first-order valence-corrected chi connectivity index (χ1v) is 5.44. The van der Waals surface area contributed by atoms with E-state index in [0.29, 0.717) is 17.1 Å². The largest absolute Gasteiger partial charge is 0.493 e. The van der Waals surface area contributed by atoms with Crippen LogP contribution in [0.25, 0.3) is 0 Å². The van der Waals surface area contributed by atoms with E-state index in [1.54, 1.807) is 32.4 Å². The molecule has 0 aromatic heterocycles. The summed E-state index contributed by atoms with van der Waals surface area (Å²) < 4.78 is 10.0. The lowest BCUT2D eigenvalue weighted by molar-refractivity contribution is 0.355. The fourth-order valence-corrected chi connectivity index (χ4v) is 1.16. The smallest absolute Gasteiger partial charge is 0.162 e. The van der Waals surface area contributed by atoms with Crippen molar-refractivity contribution >= 4 is 0 Å². The van der Waals surface area contributed by atoms with Crippen LogP contribution in [0, 0.1) is 11.3 Å². The van der Waals surface area contributed by atoms with E-state index in [-0.39, 0.29) is 0 Å². The monoisotopic (exact) mass is 219 g/mol. The maximum Gasteiger partial charge on any atom is 0.162 e. The van der Waals surface area contributed by atoms with Gasteiger partial charge in [-0.25, -0.2) is 0 Å². The van der Waals surface area contributed by atoms with Gasteiger partial charge < -0.3 is 9.47 Å². The predicted molar refractivity (Wildman–Crippen MR) is 62.7 cm³/mol. The molecule has 0 heterocycles. The fraction of sp³-hybridized carbons (Fsp3) is 0.462. The van der Waals surface area contributed by atoms with Gasteiger partial charge in [0.05, 0.1) is 25.9 Å². The van der Waals surface area contributed by atoms with Gasteiger partial charge in [-0.15, -0.1) is 0 Å². The Bertz CT molecular complexity index is 361. The molecule has 16 heavy (non-hydrogen) atoms. The molecule has 1 saturated carbocycles. The maximum atomic E-state index is 8.57. The first kappa shape index (κ1) is 12.4. The minimum Gasteiger partial charge on any atom is -0.493 e. The minimum atomic E-state index is 0.563. The second-order valence-corrected chi connectivity index (χ2v) is 3.60. The number of rotatable bonds is 2. The van der Waals surface area contributed by atoms with E-state index in [1.807, 2.05) is 6.07 Å². The molecule has 2 rings (SSSR count). The van der Waals surface area contributed by atoms with Crippen LogP contribution in [0.1, 0.15) is 31.2 Å². The number of benzene rings is 1. The number of ether oxygens (including phenoxy) is 2. The van der Waals surface area contributed by atoms with Crippen molar-refractivity contribution in [1.29, 1.82) is 5.26 Å². The van der Waals surface area contributed by atoms with Gasteiger partial charge in [0.15, 0.2) is 11.5 Å². The summed E-state index contributed by atoms with van der Waals surface area (Å²) in [5, 5.41) is 8.57. The lowest BCUT2D eigenvalue weighted by Crippen LogP contribution is -1.90. The number of nitriles is 1. The molecule has 0 amide bonds. The lowest BCUT2D eigenvalue weighted by Gasteiger charge is -2.06. The summed E-state index contributed by atoms with van der Waals surface area (Å²) in [4.78, 5) is 0. The molecule has 0 bridgehead atoms. The molecule has 86 valence electrons. The van der Waals surface area contributed by atoms with Gasteiger partial charge in [-0.2, -0.15) is 5.26 Å². The van der Waals surface area contributed by atoms with Crippen molar-refractivity contribution in [1.82, 2.24) is 0 Å². The van der Waals surface area contributed by atoms with Gasteiger partial charge in [-0.3, -0.25) is 0 Å². The summed E-state index contributed by atoms with van der Waals surface area (Å²) in [7, 11) is 3.10. The Morgan fingerprint density at radius 3 is 1.94 bits per heavy atom. The van der Waals surface area contributed by atoms with Crippen molar-refractivity contribution < 1.29 is 9.47 Å². The average molecular weight is 219 g/mol. The Kier molecular flexibility index (Phi) is 5.21. The van der Waals surface area contributed by atoms with Gasteiger partial charge in [-0.1, -0.05) is 25.7 Å². The highest BCUT2D eigenvalue weighted by Gasteiger charge is 2.02. The maximum absolute atomic E-state index is 8.57. The Morgan fingerprint density at radius 2 is 1.56 bits per heavy atom. The summed E-state index contributed by atoms with van der Waals surface area (Å²) in [5.41, 5.74) is 0.563. The van der Waals surface area contributed by atoms with Crippen molar-refractivity contribution in [3.63, 3.8) is 0 Å². The topological polar surface area (TPSA) is 42.2 Å². The first-order valence-electron chi connectivity index (χ1n) is 5.44. The van der Waals surface area contributed by atoms with Gasteiger partial charge in [0, 0.05) is 6.07 Å². The van der Waals surface area contributed by atoms with E-state index in [2.05, 4.69) is 0 Å². The zero-order valence-electron chi connectivity index (χ0n) is 9.82. The molecule has 1 aliphatic carbocycles. The molecule has 0 N–H and O–H groups in total. The Hall–Kier alpha value is -1.69. The Balaban J connectivity index is 0.000000267. The van der Waals surface area contributed by atoms with E-state index < -0.39 is 0 Å². The van der Waals surface area contributed by atoms with Crippen molar-refractivity contribution in [2.75, 3.05) is 14.2 Å². The molecule has 0 spiro atoms. The highest BCUT2D eigenvalue weighted by molar-refractivity contribution is 5.46. The molecule has 0 radical (unpaired) electrons. The van der Waals surface area contributed by atoms with Crippen LogP contribution in [0.15, 0.2) is 18.2 Å².